The van der Waals surface area contributed by atoms with Crippen LogP contribution in [0.25, 0.3) is 5.69 Å². The van der Waals surface area contributed by atoms with Crippen LogP contribution in [0.15, 0.2) is 53.4 Å². The molecule has 32 heavy (non-hydrogen) atoms. The fraction of sp³-hybridized carbons (Fsp3) is 0.318. The topological polar surface area (TPSA) is 106 Å². The molecule has 2 heterocycles. The van der Waals surface area contributed by atoms with E-state index in [1.54, 1.807) is 26.0 Å². The molecule has 1 aliphatic rings. The largest absolute Gasteiger partial charge is 0.492 e. The molecule has 0 radical (unpaired) electrons. The molecule has 0 bridgehead atoms. The number of carbonyl (C=O) groups excluding carboxylic acids is 1. The first kappa shape index (κ1) is 22.0. The van der Waals surface area contributed by atoms with Gasteiger partial charge in [-0.3, -0.25) is 4.79 Å². The molecule has 168 valence electrons. The SMILES string of the molecule is CCOc1ccc(NC(=O)c2nn(-c3ccccc3)nc2C)cc1S(=O)(=O)N1CCCC1. The minimum atomic E-state index is -3.73. The summed E-state index contributed by atoms with van der Waals surface area (Å²) in [6, 6.07) is 13.9. The van der Waals surface area contributed by atoms with Crippen LogP contribution >= 0.6 is 0 Å². The maximum Gasteiger partial charge on any atom is 0.278 e. The lowest BCUT2D eigenvalue weighted by atomic mass is 10.2. The highest BCUT2D eigenvalue weighted by molar-refractivity contribution is 7.89. The van der Waals surface area contributed by atoms with Crippen molar-refractivity contribution in [2.45, 2.75) is 31.6 Å². The third kappa shape index (κ3) is 4.37. The van der Waals surface area contributed by atoms with Gasteiger partial charge in [0, 0.05) is 18.8 Å². The third-order valence-electron chi connectivity index (χ3n) is 5.17. The molecular formula is C22H25N5O4S. The number of aryl methyl sites for hydroxylation is 1. The Balaban J connectivity index is 1.62. The van der Waals surface area contributed by atoms with Gasteiger partial charge >= 0.3 is 0 Å². The lowest BCUT2D eigenvalue weighted by Crippen LogP contribution is -2.28. The standard InChI is InChI=1S/C22H25N5O4S/c1-3-31-19-12-11-17(15-20(19)32(29,30)26-13-7-8-14-26)23-22(28)21-16(2)24-27(25-21)18-9-5-4-6-10-18/h4-6,9-12,15H,3,7-8,13-14H2,1-2H3,(H,23,28). The van der Waals surface area contributed by atoms with Crippen LogP contribution in [0.2, 0.25) is 0 Å². The van der Waals surface area contributed by atoms with Crippen LogP contribution < -0.4 is 10.1 Å². The summed E-state index contributed by atoms with van der Waals surface area (Å²) in [5, 5.41) is 11.4. The van der Waals surface area contributed by atoms with Crippen molar-refractivity contribution in [3.05, 3.63) is 59.9 Å². The maximum atomic E-state index is 13.2. The highest BCUT2D eigenvalue weighted by Gasteiger charge is 2.30. The summed E-state index contributed by atoms with van der Waals surface area (Å²) in [5.41, 5.74) is 1.69. The Kier molecular flexibility index (Phi) is 6.24. The van der Waals surface area contributed by atoms with Gasteiger partial charge in [-0.2, -0.15) is 14.2 Å². The molecule has 2 aromatic carbocycles. The number of ether oxygens (including phenoxy) is 1. The number of hydrogen-bond acceptors (Lipinski definition) is 6. The van der Waals surface area contributed by atoms with Gasteiger partial charge in [0.2, 0.25) is 10.0 Å². The molecule has 0 unspecified atom stereocenters. The van der Waals surface area contributed by atoms with Crippen molar-refractivity contribution in [2.75, 3.05) is 25.0 Å². The Hall–Kier alpha value is -3.24. The number of carbonyl (C=O) groups is 1. The fourth-order valence-electron chi connectivity index (χ4n) is 3.59. The first-order chi connectivity index (χ1) is 15.4. The van der Waals surface area contributed by atoms with E-state index in [9.17, 15) is 13.2 Å². The molecule has 1 N–H and O–H groups in total. The van der Waals surface area contributed by atoms with E-state index in [4.69, 9.17) is 4.74 Å². The number of nitrogens with one attached hydrogen (secondary N) is 1. The van der Waals surface area contributed by atoms with E-state index in [0.29, 0.717) is 31.1 Å². The predicted molar refractivity (Wildman–Crippen MR) is 120 cm³/mol. The van der Waals surface area contributed by atoms with Crippen molar-refractivity contribution in [3.8, 4) is 11.4 Å². The average molecular weight is 456 g/mol. The Morgan fingerprint density at radius 2 is 1.81 bits per heavy atom. The summed E-state index contributed by atoms with van der Waals surface area (Å²) in [6.45, 7) is 4.78. The average Bonchev–Trinajstić information content (AvgIpc) is 3.46. The zero-order chi connectivity index (χ0) is 22.7. The minimum absolute atomic E-state index is 0.0451. The van der Waals surface area contributed by atoms with Crippen molar-refractivity contribution in [2.24, 2.45) is 0 Å². The van der Waals surface area contributed by atoms with E-state index >= 15 is 0 Å². The van der Waals surface area contributed by atoms with E-state index in [1.165, 1.54) is 15.2 Å². The first-order valence-electron chi connectivity index (χ1n) is 10.5. The van der Waals surface area contributed by atoms with Crippen LogP contribution in [0.1, 0.15) is 35.9 Å². The van der Waals surface area contributed by atoms with Gasteiger partial charge in [-0.1, -0.05) is 18.2 Å². The molecule has 0 aliphatic carbocycles. The zero-order valence-electron chi connectivity index (χ0n) is 18.0. The summed E-state index contributed by atoms with van der Waals surface area (Å²) in [6.07, 6.45) is 1.66. The Morgan fingerprint density at radius 1 is 1.09 bits per heavy atom. The minimum Gasteiger partial charge on any atom is -0.492 e. The number of hydrogen-bond donors (Lipinski definition) is 1. The maximum absolute atomic E-state index is 13.2. The number of amides is 1. The molecule has 1 amide bonds. The third-order valence-corrected chi connectivity index (χ3v) is 7.09. The summed E-state index contributed by atoms with van der Waals surface area (Å²) in [5.74, 6) is -0.207. The van der Waals surface area contributed by atoms with Crippen molar-refractivity contribution < 1.29 is 17.9 Å². The lowest BCUT2D eigenvalue weighted by molar-refractivity contribution is 0.102. The van der Waals surface area contributed by atoms with Crippen molar-refractivity contribution in [3.63, 3.8) is 0 Å². The monoisotopic (exact) mass is 455 g/mol. The molecular weight excluding hydrogens is 430 g/mol. The molecule has 9 nitrogen and oxygen atoms in total. The summed E-state index contributed by atoms with van der Waals surface area (Å²) in [7, 11) is -3.73. The van der Waals surface area contributed by atoms with Gasteiger partial charge in [0.05, 0.1) is 18.0 Å². The molecule has 10 heteroatoms. The Bertz CT molecular complexity index is 1220. The highest BCUT2D eigenvalue weighted by atomic mass is 32.2. The van der Waals surface area contributed by atoms with E-state index in [-0.39, 0.29) is 16.3 Å². The number of aromatic nitrogens is 3. The summed E-state index contributed by atoms with van der Waals surface area (Å²) in [4.78, 5) is 14.3. The summed E-state index contributed by atoms with van der Waals surface area (Å²) < 4.78 is 33.3. The molecule has 1 aliphatic heterocycles. The highest BCUT2D eigenvalue weighted by Crippen LogP contribution is 2.31. The number of anilines is 1. The van der Waals surface area contributed by atoms with Crippen LogP contribution in [-0.4, -0.2) is 53.3 Å². The number of para-hydroxylation sites is 1. The first-order valence-corrected chi connectivity index (χ1v) is 11.9. The zero-order valence-corrected chi connectivity index (χ0v) is 18.8. The van der Waals surface area contributed by atoms with Crippen LogP contribution in [0.3, 0.4) is 0 Å². The second-order valence-corrected chi connectivity index (χ2v) is 9.33. The molecule has 1 saturated heterocycles. The van der Waals surface area contributed by atoms with Crippen molar-refractivity contribution in [1.82, 2.24) is 19.3 Å². The van der Waals surface area contributed by atoms with E-state index < -0.39 is 15.9 Å². The second-order valence-electron chi connectivity index (χ2n) is 7.42. The number of sulfonamides is 1. The number of rotatable bonds is 7. The van der Waals surface area contributed by atoms with Crippen LogP contribution in [-0.2, 0) is 10.0 Å². The Morgan fingerprint density at radius 3 is 2.50 bits per heavy atom. The van der Waals surface area contributed by atoms with Crippen LogP contribution in [0, 0.1) is 6.92 Å². The van der Waals surface area contributed by atoms with Crippen LogP contribution in [0.5, 0.6) is 5.75 Å². The predicted octanol–water partition coefficient (Wildman–Crippen LogP) is 3.01. The van der Waals surface area contributed by atoms with Gasteiger partial charge in [0.25, 0.3) is 5.91 Å². The number of nitrogens with zero attached hydrogens (tertiary/aromatic N) is 4. The van der Waals surface area contributed by atoms with E-state index in [0.717, 1.165) is 18.5 Å². The van der Waals surface area contributed by atoms with E-state index in [1.807, 2.05) is 30.3 Å². The van der Waals surface area contributed by atoms with Gasteiger partial charge in [-0.05, 0) is 57.0 Å². The smallest absolute Gasteiger partial charge is 0.278 e. The van der Waals surface area contributed by atoms with Gasteiger partial charge < -0.3 is 10.1 Å². The van der Waals surface area contributed by atoms with Gasteiger partial charge in [0.1, 0.15) is 10.6 Å². The van der Waals surface area contributed by atoms with Crippen LogP contribution in [0.4, 0.5) is 5.69 Å². The van der Waals surface area contributed by atoms with Crippen molar-refractivity contribution >= 4 is 21.6 Å². The van der Waals surface area contributed by atoms with Crippen molar-refractivity contribution in [1.29, 1.82) is 0 Å². The number of benzene rings is 2. The molecule has 3 aromatic rings. The lowest BCUT2D eigenvalue weighted by Gasteiger charge is -2.19. The Labute approximate surface area is 187 Å². The molecule has 1 fully saturated rings. The molecule has 0 atom stereocenters. The van der Waals surface area contributed by atoms with Gasteiger partial charge in [-0.15, -0.1) is 5.10 Å². The molecule has 0 spiro atoms. The van der Waals surface area contributed by atoms with Gasteiger partial charge in [0.15, 0.2) is 5.69 Å². The van der Waals surface area contributed by atoms with E-state index in [2.05, 4.69) is 15.5 Å². The van der Waals surface area contributed by atoms with Gasteiger partial charge in [-0.25, -0.2) is 8.42 Å². The molecule has 4 rings (SSSR count). The second kappa shape index (κ2) is 9.09. The normalized spacial score (nSPS) is 14.4. The molecule has 1 aromatic heterocycles. The summed E-state index contributed by atoms with van der Waals surface area (Å²) >= 11 is 0. The molecule has 0 saturated carbocycles. The fourth-order valence-corrected chi connectivity index (χ4v) is 5.26. The quantitative estimate of drug-likeness (QED) is 0.587.